The molecule has 1 aromatic heterocycles. The summed E-state index contributed by atoms with van der Waals surface area (Å²) in [6, 6.07) is 20.4. The molecule has 1 N–H and O–H groups in total. The number of rotatable bonds is 7. The van der Waals surface area contributed by atoms with Crippen molar-refractivity contribution in [2.75, 3.05) is 5.43 Å². The summed E-state index contributed by atoms with van der Waals surface area (Å²) in [4.78, 5) is 4.52. The van der Waals surface area contributed by atoms with E-state index in [4.69, 9.17) is 4.74 Å². The fourth-order valence-electron chi connectivity index (χ4n) is 2.76. The van der Waals surface area contributed by atoms with Crippen molar-refractivity contribution in [1.29, 1.82) is 0 Å². The maximum absolute atomic E-state index is 13.8. The molecule has 0 saturated carbocycles. The van der Waals surface area contributed by atoms with Crippen LogP contribution in [0.5, 0.6) is 5.75 Å². The Bertz CT molecular complexity index is 1160. The van der Waals surface area contributed by atoms with Crippen LogP contribution in [0.1, 0.15) is 11.1 Å². The molecule has 0 fully saturated rings. The predicted octanol–water partition coefficient (Wildman–Crippen LogP) is 6.11. The Morgan fingerprint density at radius 1 is 1.00 bits per heavy atom. The third-order valence-electron chi connectivity index (χ3n) is 4.27. The number of hydrogen-bond acceptors (Lipinski definition) is 5. The van der Waals surface area contributed by atoms with Crippen LogP contribution >= 0.6 is 11.3 Å². The zero-order chi connectivity index (χ0) is 20.8. The Hall–Kier alpha value is -3.58. The molecule has 3 aromatic carbocycles. The van der Waals surface area contributed by atoms with Gasteiger partial charge in [-0.1, -0.05) is 54.6 Å². The van der Waals surface area contributed by atoms with Crippen LogP contribution in [0.2, 0.25) is 0 Å². The van der Waals surface area contributed by atoms with Crippen molar-refractivity contribution in [3.05, 3.63) is 101 Å². The predicted molar refractivity (Wildman–Crippen MR) is 116 cm³/mol. The van der Waals surface area contributed by atoms with Gasteiger partial charge in [-0.15, -0.1) is 11.3 Å². The lowest BCUT2D eigenvalue weighted by molar-refractivity contribution is 0.288. The van der Waals surface area contributed by atoms with Gasteiger partial charge >= 0.3 is 0 Å². The Morgan fingerprint density at radius 2 is 1.80 bits per heavy atom. The largest absolute Gasteiger partial charge is 0.486 e. The van der Waals surface area contributed by atoms with E-state index in [0.717, 1.165) is 40.6 Å². The van der Waals surface area contributed by atoms with Crippen LogP contribution in [-0.4, -0.2) is 11.2 Å². The lowest BCUT2D eigenvalue weighted by Gasteiger charge is -2.09. The molecular formula is C23H17F2N3OS. The van der Waals surface area contributed by atoms with E-state index in [1.54, 1.807) is 6.21 Å². The minimum Gasteiger partial charge on any atom is -0.486 e. The monoisotopic (exact) mass is 421 g/mol. The first-order chi connectivity index (χ1) is 14.7. The van der Waals surface area contributed by atoms with Crippen molar-refractivity contribution in [1.82, 2.24) is 4.98 Å². The first-order valence-electron chi connectivity index (χ1n) is 9.15. The first kappa shape index (κ1) is 19.7. The number of nitrogens with one attached hydrogen (secondary N) is 1. The van der Waals surface area contributed by atoms with E-state index in [-0.39, 0.29) is 12.4 Å². The molecule has 0 saturated heterocycles. The quantitative estimate of drug-likeness (QED) is 0.289. The number of anilines is 1. The molecule has 0 aliphatic heterocycles. The highest BCUT2D eigenvalue weighted by Crippen LogP contribution is 2.24. The second-order valence-electron chi connectivity index (χ2n) is 6.34. The molecular weight excluding hydrogens is 404 g/mol. The number of hydrazone groups is 1. The number of aromatic nitrogens is 1. The molecule has 0 bridgehead atoms. The molecule has 4 aromatic rings. The van der Waals surface area contributed by atoms with E-state index in [1.807, 2.05) is 60.0 Å². The topological polar surface area (TPSA) is 46.5 Å². The van der Waals surface area contributed by atoms with Crippen LogP contribution in [0.15, 0.2) is 83.3 Å². The van der Waals surface area contributed by atoms with Crippen LogP contribution in [0.4, 0.5) is 13.9 Å². The van der Waals surface area contributed by atoms with Crippen LogP contribution < -0.4 is 10.2 Å². The average molecular weight is 421 g/mol. The summed E-state index contributed by atoms with van der Waals surface area (Å²) >= 11 is 1.46. The minimum atomic E-state index is -0.609. The summed E-state index contributed by atoms with van der Waals surface area (Å²) in [6.07, 6.45) is 1.64. The number of halogens is 2. The Labute approximate surface area is 176 Å². The minimum absolute atomic E-state index is 0.0813. The van der Waals surface area contributed by atoms with Gasteiger partial charge < -0.3 is 4.74 Å². The lowest BCUT2D eigenvalue weighted by Crippen LogP contribution is -2.02. The van der Waals surface area contributed by atoms with Gasteiger partial charge in [0.2, 0.25) is 5.13 Å². The van der Waals surface area contributed by atoms with E-state index in [1.165, 1.54) is 11.3 Å². The summed E-state index contributed by atoms with van der Waals surface area (Å²) in [5.74, 6) is -1.29. The molecule has 0 radical (unpaired) electrons. The number of nitrogens with zero attached hydrogens (tertiary/aromatic N) is 2. The van der Waals surface area contributed by atoms with Crippen molar-refractivity contribution in [3.63, 3.8) is 0 Å². The lowest BCUT2D eigenvalue weighted by atomic mass is 10.1. The number of hydrogen-bond donors (Lipinski definition) is 1. The Kier molecular flexibility index (Phi) is 6.10. The van der Waals surface area contributed by atoms with Gasteiger partial charge in [-0.2, -0.15) is 5.10 Å². The molecule has 7 heteroatoms. The van der Waals surface area contributed by atoms with Crippen LogP contribution in [-0.2, 0) is 6.61 Å². The molecule has 0 aliphatic rings. The molecule has 0 spiro atoms. The zero-order valence-electron chi connectivity index (χ0n) is 15.8. The molecule has 4 nitrogen and oxygen atoms in total. The summed E-state index contributed by atoms with van der Waals surface area (Å²) in [7, 11) is 0. The molecule has 4 rings (SSSR count). The second-order valence-corrected chi connectivity index (χ2v) is 7.19. The first-order valence-corrected chi connectivity index (χ1v) is 10.0. The summed E-state index contributed by atoms with van der Waals surface area (Å²) in [6.45, 7) is 0.0813. The molecule has 0 unspecified atom stereocenters. The summed E-state index contributed by atoms with van der Waals surface area (Å²) in [5.41, 5.74) is 6.43. The third kappa shape index (κ3) is 4.87. The maximum Gasteiger partial charge on any atom is 0.203 e. The van der Waals surface area contributed by atoms with E-state index in [0.29, 0.717) is 5.13 Å². The van der Waals surface area contributed by atoms with Crippen LogP contribution in [0.25, 0.3) is 11.3 Å². The van der Waals surface area contributed by atoms with Gasteiger partial charge in [0.25, 0.3) is 0 Å². The molecule has 0 aliphatic carbocycles. The fourth-order valence-corrected chi connectivity index (χ4v) is 3.43. The fraction of sp³-hybridized carbons (Fsp3) is 0.0435. The van der Waals surface area contributed by atoms with Gasteiger partial charge in [-0.05, 0) is 17.7 Å². The highest BCUT2D eigenvalue weighted by Gasteiger charge is 2.07. The molecule has 0 amide bonds. The van der Waals surface area contributed by atoms with Gasteiger partial charge in [0, 0.05) is 22.6 Å². The molecule has 30 heavy (non-hydrogen) atoms. The second kappa shape index (κ2) is 9.28. The smallest absolute Gasteiger partial charge is 0.203 e. The van der Waals surface area contributed by atoms with Crippen molar-refractivity contribution in [3.8, 4) is 17.0 Å². The molecule has 150 valence electrons. The van der Waals surface area contributed by atoms with Gasteiger partial charge in [0.15, 0.2) is 11.6 Å². The van der Waals surface area contributed by atoms with E-state index >= 15 is 0 Å². The maximum atomic E-state index is 13.8. The number of thiazole rings is 1. The Morgan fingerprint density at radius 3 is 2.67 bits per heavy atom. The summed E-state index contributed by atoms with van der Waals surface area (Å²) in [5, 5.41) is 6.88. The number of ether oxygens (including phenoxy) is 1. The normalized spacial score (nSPS) is 11.0. The van der Waals surface area contributed by atoms with Crippen molar-refractivity contribution >= 4 is 22.7 Å². The third-order valence-corrected chi connectivity index (χ3v) is 5.02. The average Bonchev–Trinajstić information content (AvgIpc) is 3.25. The van der Waals surface area contributed by atoms with Crippen molar-refractivity contribution < 1.29 is 13.5 Å². The van der Waals surface area contributed by atoms with E-state index < -0.39 is 11.6 Å². The van der Waals surface area contributed by atoms with E-state index in [2.05, 4.69) is 15.5 Å². The van der Waals surface area contributed by atoms with Gasteiger partial charge in [0.05, 0.1) is 11.9 Å². The molecule has 0 atom stereocenters. The SMILES string of the molecule is Fc1ccc(F)c(OCc2ccccc2C=NNc2nc(-c3ccccc3)cs2)c1. The van der Waals surface area contributed by atoms with Crippen molar-refractivity contribution in [2.24, 2.45) is 5.10 Å². The van der Waals surface area contributed by atoms with Crippen LogP contribution in [0.3, 0.4) is 0 Å². The van der Waals surface area contributed by atoms with Gasteiger partial charge in [0.1, 0.15) is 12.4 Å². The summed E-state index contributed by atoms with van der Waals surface area (Å²) < 4.78 is 32.5. The molecule has 1 heterocycles. The zero-order valence-corrected chi connectivity index (χ0v) is 16.6. The van der Waals surface area contributed by atoms with Crippen molar-refractivity contribution in [2.45, 2.75) is 6.61 Å². The van der Waals surface area contributed by atoms with Gasteiger partial charge in [-0.3, -0.25) is 5.43 Å². The highest BCUT2D eigenvalue weighted by atomic mass is 32.1. The Balaban J connectivity index is 1.42. The standard InChI is InChI=1S/C23H17F2N3OS/c24-19-10-11-20(25)22(12-19)29-14-18-9-5-4-8-17(18)13-26-28-23-27-21(15-30-23)16-6-2-1-3-7-16/h1-13,15H,14H2,(H,27,28). The number of benzene rings is 3. The van der Waals surface area contributed by atoms with Crippen LogP contribution in [0, 0.1) is 11.6 Å². The van der Waals surface area contributed by atoms with E-state index in [9.17, 15) is 8.78 Å². The van der Waals surface area contributed by atoms with Gasteiger partial charge in [-0.25, -0.2) is 13.8 Å². The highest BCUT2D eigenvalue weighted by molar-refractivity contribution is 7.14.